The fourth-order valence-corrected chi connectivity index (χ4v) is 2.30. The fourth-order valence-electron chi connectivity index (χ4n) is 2.30. The fraction of sp³-hybridized carbons (Fsp3) is 0.312. The number of fused-ring (bicyclic) bond motifs is 3. The van der Waals surface area contributed by atoms with Gasteiger partial charge < -0.3 is 4.74 Å². The van der Waals surface area contributed by atoms with Crippen LogP contribution in [0.25, 0.3) is 12.3 Å². The first-order chi connectivity index (χ1) is 9.44. The molecular formula is C16H16N2O2. The lowest BCUT2D eigenvalue weighted by Gasteiger charge is -2.21. The number of carbonyl (C=O) groups is 1. The van der Waals surface area contributed by atoms with Gasteiger partial charge in [0, 0.05) is 24.4 Å². The van der Waals surface area contributed by atoms with Crippen molar-refractivity contribution in [2.45, 2.75) is 32.8 Å². The molecule has 4 heteroatoms. The molecular weight excluding hydrogens is 252 g/mol. The highest BCUT2D eigenvalue weighted by Crippen LogP contribution is 2.13. The summed E-state index contributed by atoms with van der Waals surface area (Å²) in [6.45, 7) is 5.56. The van der Waals surface area contributed by atoms with Gasteiger partial charge in [-0.25, -0.2) is 4.79 Å². The molecule has 2 heterocycles. The van der Waals surface area contributed by atoms with E-state index >= 15 is 0 Å². The van der Waals surface area contributed by atoms with Crippen molar-refractivity contribution in [1.82, 2.24) is 0 Å². The van der Waals surface area contributed by atoms with Crippen molar-refractivity contribution in [3.63, 3.8) is 0 Å². The van der Waals surface area contributed by atoms with E-state index in [2.05, 4.69) is 9.98 Å². The number of hydrogen-bond donors (Lipinski definition) is 0. The van der Waals surface area contributed by atoms with E-state index in [1.54, 1.807) is 12.4 Å². The Bertz CT molecular complexity index is 765. The van der Waals surface area contributed by atoms with E-state index in [9.17, 15) is 4.79 Å². The van der Waals surface area contributed by atoms with Gasteiger partial charge in [0.25, 0.3) is 0 Å². The number of ether oxygens (including phenoxy) is 1. The van der Waals surface area contributed by atoms with E-state index in [1.165, 1.54) is 0 Å². The summed E-state index contributed by atoms with van der Waals surface area (Å²) < 4.78 is 5.38. The lowest BCUT2D eigenvalue weighted by Crippen LogP contribution is -2.33. The van der Waals surface area contributed by atoms with Gasteiger partial charge >= 0.3 is 5.97 Å². The summed E-state index contributed by atoms with van der Waals surface area (Å²) in [5.74, 6) is -0.351. The quantitative estimate of drug-likeness (QED) is 0.722. The SMILES string of the molecule is CC(C)(C)OC(=O)C1=NC=c2ccc3c(c2C1)C=CN=3. The van der Waals surface area contributed by atoms with Crippen molar-refractivity contribution < 1.29 is 9.53 Å². The van der Waals surface area contributed by atoms with Crippen LogP contribution in [0.2, 0.25) is 0 Å². The molecule has 20 heavy (non-hydrogen) atoms. The highest BCUT2D eigenvalue weighted by atomic mass is 16.6. The molecule has 0 saturated heterocycles. The zero-order valence-corrected chi connectivity index (χ0v) is 11.8. The lowest BCUT2D eigenvalue weighted by atomic mass is 9.97. The predicted molar refractivity (Wildman–Crippen MR) is 77.7 cm³/mol. The Morgan fingerprint density at radius 1 is 1.25 bits per heavy atom. The average Bonchev–Trinajstić information content (AvgIpc) is 2.84. The minimum atomic E-state index is -0.506. The van der Waals surface area contributed by atoms with E-state index in [1.807, 2.05) is 39.0 Å². The van der Waals surface area contributed by atoms with Gasteiger partial charge in [0.05, 0.1) is 5.36 Å². The molecule has 4 nitrogen and oxygen atoms in total. The minimum absolute atomic E-state index is 0.351. The molecule has 2 aliphatic heterocycles. The Morgan fingerprint density at radius 2 is 2.05 bits per heavy atom. The zero-order valence-electron chi connectivity index (χ0n) is 11.8. The number of hydrogen-bond acceptors (Lipinski definition) is 4. The Morgan fingerprint density at radius 3 is 2.80 bits per heavy atom. The van der Waals surface area contributed by atoms with Crippen molar-refractivity contribution in [2.24, 2.45) is 9.98 Å². The maximum atomic E-state index is 12.1. The number of aliphatic imine (C=N–C) groups is 1. The second-order valence-corrected chi connectivity index (χ2v) is 5.89. The Labute approximate surface area is 117 Å². The van der Waals surface area contributed by atoms with Crippen LogP contribution in [0, 0.1) is 0 Å². The van der Waals surface area contributed by atoms with Crippen LogP contribution in [-0.2, 0) is 16.0 Å². The number of benzene rings is 1. The van der Waals surface area contributed by atoms with Crippen molar-refractivity contribution in [1.29, 1.82) is 0 Å². The molecule has 0 amide bonds. The summed E-state index contributed by atoms with van der Waals surface area (Å²) in [5.41, 5.74) is 2.11. The number of rotatable bonds is 1. The molecule has 0 spiro atoms. The van der Waals surface area contributed by atoms with Crippen molar-refractivity contribution >= 4 is 24.0 Å². The molecule has 0 bridgehead atoms. The van der Waals surface area contributed by atoms with Crippen LogP contribution < -0.4 is 10.6 Å². The van der Waals surface area contributed by atoms with Crippen molar-refractivity contribution in [3.05, 3.63) is 40.0 Å². The maximum absolute atomic E-state index is 12.1. The summed E-state index contributed by atoms with van der Waals surface area (Å²) >= 11 is 0. The molecule has 0 atom stereocenters. The first-order valence-corrected chi connectivity index (χ1v) is 6.60. The summed E-state index contributed by atoms with van der Waals surface area (Å²) in [5, 5.41) is 1.99. The van der Waals surface area contributed by atoms with Crippen LogP contribution in [0.4, 0.5) is 0 Å². The van der Waals surface area contributed by atoms with E-state index in [0.29, 0.717) is 12.1 Å². The van der Waals surface area contributed by atoms with Crippen molar-refractivity contribution in [3.8, 4) is 0 Å². The highest BCUT2D eigenvalue weighted by Gasteiger charge is 2.24. The third-order valence-electron chi connectivity index (χ3n) is 3.16. The minimum Gasteiger partial charge on any atom is -0.455 e. The highest BCUT2D eigenvalue weighted by molar-refractivity contribution is 6.37. The van der Waals surface area contributed by atoms with Gasteiger partial charge in [-0.05, 0) is 43.7 Å². The average molecular weight is 268 g/mol. The molecule has 2 aliphatic rings. The molecule has 0 aromatic heterocycles. The maximum Gasteiger partial charge on any atom is 0.353 e. The molecule has 0 radical (unpaired) electrons. The molecule has 1 aromatic rings. The van der Waals surface area contributed by atoms with E-state index < -0.39 is 5.60 Å². The molecule has 0 saturated carbocycles. The third kappa shape index (κ3) is 2.29. The Hall–Kier alpha value is -2.23. The molecule has 3 rings (SSSR count). The predicted octanol–water partition coefficient (Wildman–Crippen LogP) is 1.37. The lowest BCUT2D eigenvalue weighted by molar-refractivity contribution is -0.146. The topological polar surface area (TPSA) is 51.0 Å². The normalized spacial score (nSPS) is 15.7. The smallest absolute Gasteiger partial charge is 0.353 e. The first kappa shape index (κ1) is 12.8. The van der Waals surface area contributed by atoms with Crippen LogP contribution in [0.15, 0.2) is 28.3 Å². The second kappa shape index (κ2) is 4.40. The Balaban J connectivity index is 1.96. The molecule has 0 fully saturated rings. The van der Waals surface area contributed by atoms with Gasteiger partial charge in [-0.15, -0.1) is 0 Å². The largest absolute Gasteiger partial charge is 0.455 e. The van der Waals surface area contributed by atoms with Gasteiger partial charge in [0.1, 0.15) is 11.3 Å². The summed E-state index contributed by atoms with van der Waals surface area (Å²) in [7, 11) is 0. The number of nitrogens with zero attached hydrogens (tertiary/aromatic N) is 2. The van der Waals surface area contributed by atoms with Crippen LogP contribution in [0.5, 0.6) is 0 Å². The van der Waals surface area contributed by atoms with Crippen LogP contribution >= 0.6 is 0 Å². The van der Waals surface area contributed by atoms with Crippen LogP contribution in [0.3, 0.4) is 0 Å². The molecule has 0 aliphatic carbocycles. The second-order valence-electron chi connectivity index (χ2n) is 5.89. The van der Waals surface area contributed by atoms with Crippen molar-refractivity contribution in [2.75, 3.05) is 0 Å². The van der Waals surface area contributed by atoms with Gasteiger partial charge in [0.2, 0.25) is 0 Å². The summed E-state index contributed by atoms with van der Waals surface area (Å²) in [6, 6.07) is 3.96. The summed E-state index contributed by atoms with van der Waals surface area (Å²) in [6.07, 6.45) is 5.97. The van der Waals surface area contributed by atoms with Crippen LogP contribution in [0.1, 0.15) is 31.9 Å². The summed E-state index contributed by atoms with van der Waals surface area (Å²) in [4.78, 5) is 20.6. The molecule has 1 aromatic carbocycles. The van der Waals surface area contributed by atoms with Gasteiger partial charge in [-0.3, -0.25) is 9.98 Å². The third-order valence-corrected chi connectivity index (χ3v) is 3.16. The van der Waals surface area contributed by atoms with E-state index in [4.69, 9.17) is 4.74 Å². The van der Waals surface area contributed by atoms with E-state index in [0.717, 1.165) is 21.7 Å². The first-order valence-electron chi connectivity index (χ1n) is 6.60. The van der Waals surface area contributed by atoms with Gasteiger partial charge in [-0.1, -0.05) is 6.07 Å². The monoisotopic (exact) mass is 268 g/mol. The molecule has 102 valence electrons. The number of esters is 1. The van der Waals surface area contributed by atoms with Gasteiger partial charge in [-0.2, -0.15) is 0 Å². The Kier molecular flexibility index (Phi) is 2.82. The zero-order chi connectivity index (χ0) is 14.3. The van der Waals surface area contributed by atoms with Crippen LogP contribution in [-0.4, -0.2) is 17.3 Å². The standard InChI is InChI=1S/C16H16N2O2/c1-16(2,3)20-15(19)14-8-12-10(9-18-14)4-5-13-11(12)6-7-17-13/h4-7,9H,8H2,1-3H3. The van der Waals surface area contributed by atoms with Gasteiger partial charge in [0.15, 0.2) is 0 Å². The molecule has 0 unspecified atom stereocenters. The number of carbonyl (C=O) groups excluding carboxylic acids is 1. The van der Waals surface area contributed by atoms with E-state index in [-0.39, 0.29) is 5.97 Å². The molecule has 0 N–H and O–H groups in total.